The van der Waals surface area contributed by atoms with Crippen LogP contribution in [0.1, 0.15) is 54.3 Å². The van der Waals surface area contributed by atoms with Crippen LogP contribution in [0, 0.1) is 0 Å². The molecule has 3 aliphatic rings. The van der Waals surface area contributed by atoms with Gasteiger partial charge in [-0.3, -0.25) is 9.59 Å². The highest BCUT2D eigenvalue weighted by atomic mass is 32.2. The zero-order valence-corrected chi connectivity index (χ0v) is 21.8. The molecular weight excluding hydrogens is 476 g/mol. The van der Waals surface area contributed by atoms with E-state index >= 15 is 0 Å². The Morgan fingerprint density at radius 1 is 1.11 bits per heavy atom. The quantitative estimate of drug-likeness (QED) is 0.582. The van der Waals surface area contributed by atoms with Gasteiger partial charge in [-0.25, -0.2) is 8.42 Å². The number of likely N-dealkylation sites (N-methyl/N-ethyl adjacent to an activating group) is 1. The van der Waals surface area contributed by atoms with Crippen LogP contribution in [-0.2, 0) is 38.7 Å². The lowest BCUT2D eigenvalue weighted by Crippen LogP contribution is -2.47. The number of benzene rings is 1. The van der Waals surface area contributed by atoms with Gasteiger partial charge in [0.25, 0.3) is 5.91 Å². The van der Waals surface area contributed by atoms with E-state index in [0.717, 1.165) is 63.1 Å². The highest BCUT2D eigenvalue weighted by molar-refractivity contribution is 7.91. The molecule has 5 rings (SSSR count). The van der Waals surface area contributed by atoms with Crippen molar-refractivity contribution in [1.29, 1.82) is 0 Å². The number of amides is 2. The number of aromatic nitrogens is 1. The molecule has 0 unspecified atom stereocenters. The molecule has 1 aromatic carbocycles. The Bertz CT molecular complexity index is 1330. The fourth-order valence-corrected chi connectivity index (χ4v) is 6.35. The Balaban J connectivity index is 1.47. The van der Waals surface area contributed by atoms with Crippen LogP contribution < -0.4 is 5.32 Å². The Hall–Kier alpha value is -2.91. The number of carbonyl (C=O) groups excluding carboxylic acids is 2. The van der Waals surface area contributed by atoms with E-state index in [-0.39, 0.29) is 22.5 Å². The number of fused-ring (bicyclic) bond motifs is 2. The maximum absolute atomic E-state index is 13.0. The Labute approximate surface area is 212 Å². The number of anilines is 1. The van der Waals surface area contributed by atoms with Gasteiger partial charge >= 0.3 is 0 Å². The SMILES string of the molecule is CCS(=O)(=O)c1ccc2c(c1)C(=Cc1[nH]c3c(c1CCC(=O)N1CCN(C)CC1)CCCC3)C(=O)N2. The number of nitrogens with one attached hydrogen (secondary N) is 2. The van der Waals surface area contributed by atoms with E-state index < -0.39 is 9.84 Å². The molecule has 8 nitrogen and oxygen atoms in total. The number of piperazine rings is 1. The van der Waals surface area contributed by atoms with Gasteiger partial charge in [-0.15, -0.1) is 0 Å². The average Bonchev–Trinajstić information content (AvgIpc) is 3.39. The van der Waals surface area contributed by atoms with Crippen LogP contribution in [0.3, 0.4) is 0 Å². The van der Waals surface area contributed by atoms with Crippen LogP contribution in [0.15, 0.2) is 23.1 Å². The minimum atomic E-state index is -3.40. The van der Waals surface area contributed by atoms with E-state index in [1.807, 2.05) is 11.0 Å². The molecule has 0 spiro atoms. The molecule has 2 N–H and O–H groups in total. The average molecular weight is 511 g/mol. The van der Waals surface area contributed by atoms with E-state index in [9.17, 15) is 18.0 Å². The largest absolute Gasteiger partial charge is 0.358 e. The summed E-state index contributed by atoms with van der Waals surface area (Å²) in [5.74, 6) is -0.0740. The molecule has 0 atom stereocenters. The second kappa shape index (κ2) is 9.86. The van der Waals surface area contributed by atoms with E-state index in [1.165, 1.54) is 11.3 Å². The van der Waals surface area contributed by atoms with Crippen molar-refractivity contribution in [3.8, 4) is 0 Å². The standard InChI is InChI=1S/C27H34N4O4S/c1-3-36(34,35)18-8-10-24-21(16-18)22(27(33)29-24)17-25-20(19-6-4-5-7-23(19)28-25)9-11-26(32)31-14-12-30(2)13-15-31/h8,10,16-17,28H,3-7,9,11-15H2,1-2H3,(H,29,33). The highest BCUT2D eigenvalue weighted by Gasteiger charge is 2.28. The number of aryl methyl sites for hydroxylation is 1. The minimum Gasteiger partial charge on any atom is -0.358 e. The maximum atomic E-state index is 13.0. The molecule has 1 saturated heterocycles. The lowest BCUT2D eigenvalue weighted by molar-refractivity contribution is -0.132. The summed E-state index contributed by atoms with van der Waals surface area (Å²) < 4.78 is 24.9. The lowest BCUT2D eigenvalue weighted by Gasteiger charge is -2.32. The number of rotatable bonds is 6. The molecule has 0 saturated carbocycles. The zero-order valence-electron chi connectivity index (χ0n) is 21.0. The number of hydrogen-bond donors (Lipinski definition) is 2. The molecule has 192 valence electrons. The molecule has 36 heavy (non-hydrogen) atoms. The molecule has 1 fully saturated rings. The van der Waals surface area contributed by atoms with Gasteiger partial charge in [-0.1, -0.05) is 6.92 Å². The molecule has 3 heterocycles. The topological polar surface area (TPSA) is 103 Å². The van der Waals surface area contributed by atoms with Gasteiger partial charge in [0, 0.05) is 55.2 Å². The van der Waals surface area contributed by atoms with E-state index in [2.05, 4.69) is 22.2 Å². The van der Waals surface area contributed by atoms with Gasteiger partial charge in [0.1, 0.15) is 0 Å². The number of nitrogens with zero attached hydrogens (tertiary/aromatic N) is 2. The van der Waals surface area contributed by atoms with Crippen molar-refractivity contribution in [2.75, 3.05) is 44.3 Å². The van der Waals surface area contributed by atoms with Crippen molar-refractivity contribution in [2.45, 2.75) is 50.3 Å². The first-order valence-electron chi connectivity index (χ1n) is 12.9. The summed E-state index contributed by atoms with van der Waals surface area (Å²) in [6.07, 6.45) is 7.05. The third-order valence-corrected chi connectivity index (χ3v) is 9.42. The van der Waals surface area contributed by atoms with Gasteiger partial charge in [0.2, 0.25) is 5.91 Å². The molecule has 1 aromatic heterocycles. The van der Waals surface area contributed by atoms with Gasteiger partial charge in [-0.2, -0.15) is 0 Å². The molecule has 9 heteroatoms. The second-order valence-corrected chi connectivity index (χ2v) is 12.3. The third-order valence-electron chi connectivity index (χ3n) is 7.69. The maximum Gasteiger partial charge on any atom is 0.256 e. The van der Waals surface area contributed by atoms with E-state index in [1.54, 1.807) is 25.1 Å². The van der Waals surface area contributed by atoms with Crippen LogP contribution in [0.25, 0.3) is 11.6 Å². The number of aromatic amines is 1. The molecule has 1 aliphatic carbocycles. The Kier molecular flexibility index (Phi) is 6.78. The predicted molar refractivity (Wildman–Crippen MR) is 141 cm³/mol. The normalized spacial score (nSPS) is 19.3. The van der Waals surface area contributed by atoms with Gasteiger partial charge in [0.15, 0.2) is 9.84 Å². The highest BCUT2D eigenvalue weighted by Crippen LogP contribution is 2.37. The van der Waals surface area contributed by atoms with E-state index in [0.29, 0.717) is 29.7 Å². The minimum absolute atomic E-state index is 0.00103. The summed E-state index contributed by atoms with van der Waals surface area (Å²) in [5.41, 5.74) is 6.10. The summed E-state index contributed by atoms with van der Waals surface area (Å²) >= 11 is 0. The Morgan fingerprint density at radius 3 is 2.61 bits per heavy atom. The summed E-state index contributed by atoms with van der Waals surface area (Å²) in [6, 6.07) is 4.80. The fourth-order valence-electron chi connectivity index (χ4n) is 5.45. The first-order chi connectivity index (χ1) is 17.3. The summed E-state index contributed by atoms with van der Waals surface area (Å²) in [4.78, 5) is 33.8. The molecular formula is C27H34N4O4S. The van der Waals surface area contributed by atoms with Crippen molar-refractivity contribution in [2.24, 2.45) is 0 Å². The van der Waals surface area contributed by atoms with Crippen LogP contribution in [0.4, 0.5) is 5.69 Å². The van der Waals surface area contributed by atoms with Gasteiger partial charge in [-0.05, 0) is 74.6 Å². The number of sulfone groups is 1. The van der Waals surface area contributed by atoms with Crippen LogP contribution in [-0.4, -0.2) is 74.0 Å². The molecule has 2 amide bonds. The van der Waals surface area contributed by atoms with Crippen molar-refractivity contribution < 1.29 is 18.0 Å². The monoisotopic (exact) mass is 510 g/mol. The molecule has 0 radical (unpaired) electrons. The van der Waals surface area contributed by atoms with Crippen LogP contribution in [0.5, 0.6) is 0 Å². The summed E-state index contributed by atoms with van der Waals surface area (Å²) in [5, 5.41) is 2.86. The molecule has 0 bridgehead atoms. The number of H-pyrrole nitrogens is 1. The lowest BCUT2D eigenvalue weighted by atomic mass is 9.92. The van der Waals surface area contributed by atoms with Crippen molar-refractivity contribution in [3.63, 3.8) is 0 Å². The van der Waals surface area contributed by atoms with E-state index in [4.69, 9.17) is 0 Å². The van der Waals surface area contributed by atoms with Gasteiger partial charge in [0.05, 0.1) is 16.2 Å². The van der Waals surface area contributed by atoms with Crippen molar-refractivity contribution in [3.05, 3.63) is 46.3 Å². The summed E-state index contributed by atoms with van der Waals surface area (Å²) in [6.45, 7) is 4.93. The number of carbonyl (C=O) groups is 2. The third kappa shape index (κ3) is 4.74. The summed E-state index contributed by atoms with van der Waals surface area (Å²) in [7, 11) is -1.32. The van der Waals surface area contributed by atoms with Gasteiger partial charge < -0.3 is 20.1 Å². The zero-order chi connectivity index (χ0) is 25.4. The number of hydrogen-bond acceptors (Lipinski definition) is 5. The smallest absolute Gasteiger partial charge is 0.256 e. The first kappa shape index (κ1) is 24.8. The Morgan fingerprint density at radius 2 is 1.86 bits per heavy atom. The first-order valence-corrected chi connectivity index (χ1v) is 14.5. The van der Waals surface area contributed by atoms with Crippen LogP contribution in [0.2, 0.25) is 0 Å². The van der Waals surface area contributed by atoms with Crippen molar-refractivity contribution in [1.82, 2.24) is 14.8 Å². The fraction of sp³-hybridized carbons (Fsp3) is 0.481. The molecule has 2 aliphatic heterocycles. The second-order valence-electron chi connectivity index (χ2n) is 9.99. The molecule has 2 aromatic rings. The predicted octanol–water partition coefficient (Wildman–Crippen LogP) is 2.89. The van der Waals surface area contributed by atoms with Crippen molar-refractivity contribution >= 4 is 39.0 Å². The van der Waals surface area contributed by atoms with Crippen LogP contribution >= 0.6 is 0 Å².